The van der Waals surface area contributed by atoms with Crippen LogP contribution < -0.4 is 15.7 Å². The fourth-order valence-electron chi connectivity index (χ4n) is 2.34. The number of aromatic nitrogens is 3. The zero-order valence-corrected chi connectivity index (χ0v) is 17.2. The summed E-state index contributed by atoms with van der Waals surface area (Å²) in [4.78, 5) is 25.3. The highest BCUT2D eigenvalue weighted by Crippen LogP contribution is 2.34. The molecule has 0 aliphatic carbocycles. The molecule has 0 saturated carbocycles. The molecule has 1 N–H and O–H groups in total. The first-order chi connectivity index (χ1) is 13.5. The van der Waals surface area contributed by atoms with Crippen LogP contribution in [-0.2, 0) is 11.2 Å². The molecule has 3 aromatic rings. The number of hydrogen-bond donors (Lipinski definition) is 1. The molecule has 0 aliphatic rings. The number of ether oxygens (including phenoxy) is 2. The van der Waals surface area contributed by atoms with Gasteiger partial charge in [0.05, 0.1) is 18.3 Å². The number of amides is 1. The number of nitrogens with zero attached hydrogens (tertiary/aromatic N) is 3. The van der Waals surface area contributed by atoms with E-state index < -0.39 is 11.5 Å². The highest BCUT2D eigenvalue weighted by Gasteiger charge is 2.19. The van der Waals surface area contributed by atoms with Crippen LogP contribution in [0, 0.1) is 0 Å². The van der Waals surface area contributed by atoms with Crippen LogP contribution in [0.4, 0.5) is 5.13 Å². The molecule has 3 rings (SSSR count). The van der Waals surface area contributed by atoms with Gasteiger partial charge >= 0.3 is 5.63 Å². The molecule has 3 aromatic heterocycles. The van der Waals surface area contributed by atoms with E-state index >= 15 is 0 Å². The van der Waals surface area contributed by atoms with Crippen molar-refractivity contribution in [2.45, 2.75) is 12.8 Å². The summed E-state index contributed by atoms with van der Waals surface area (Å²) in [6.45, 7) is 0.513. The lowest BCUT2D eigenvalue weighted by atomic mass is 10.1. The molecule has 148 valence electrons. The summed E-state index contributed by atoms with van der Waals surface area (Å²) in [6, 6.07) is 1.48. The summed E-state index contributed by atoms with van der Waals surface area (Å²) in [5, 5.41) is 11.7. The van der Waals surface area contributed by atoms with E-state index in [0.29, 0.717) is 39.9 Å². The van der Waals surface area contributed by atoms with Gasteiger partial charge in [-0.25, -0.2) is 4.79 Å². The minimum absolute atomic E-state index is 0.0747. The first-order valence-electron chi connectivity index (χ1n) is 7.98. The zero-order valence-electron chi connectivity index (χ0n) is 14.9. The maximum absolute atomic E-state index is 12.5. The Morgan fingerprint density at radius 2 is 2.18 bits per heavy atom. The molecular formula is C16H15ClN4O5S2. The van der Waals surface area contributed by atoms with Crippen LogP contribution >= 0.6 is 34.5 Å². The molecule has 0 radical (unpaired) electrons. The van der Waals surface area contributed by atoms with Crippen molar-refractivity contribution in [2.24, 2.45) is 0 Å². The first-order valence-corrected chi connectivity index (χ1v) is 9.95. The Hall–Kier alpha value is -2.34. The molecule has 0 fully saturated rings. The Labute approximate surface area is 172 Å². The predicted molar refractivity (Wildman–Crippen MR) is 106 cm³/mol. The van der Waals surface area contributed by atoms with Crippen molar-refractivity contribution in [1.29, 1.82) is 0 Å². The summed E-state index contributed by atoms with van der Waals surface area (Å²) < 4.78 is 19.2. The molecule has 0 spiro atoms. The summed E-state index contributed by atoms with van der Waals surface area (Å²) >= 11 is 8.34. The number of rotatable bonds is 8. The van der Waals surface area contributed by atoms with Crippen LogP contribution in [0.1, 0.15) is 22.5 Å². The Kier molecular flexibility index (Phi) is 6.73. The number of halogens is 1. The van der Waals surface area contributed by atoms with Crippen molar-refractivity contribution in [3.63, 3.8) is 0 Å². The average Bonchev–Trinajstić information content (AvgIpc) is 3.30. The predicted octanol–water partition coefficient (Wildman–Crippen LogP) is 3.11. The van der Waals surface area contributed by atoms with Crippen LogP contribution in [0.5, 0.6) is 5.75 Å². The maximum atomic E-state index is 12.5. The Morgan fingerprint density at radius 3 is 2.86 bits per heavy atom. The summed E-state index contributed by atoms with van der Waals surface area (Å²) in [5.41, 5.74) is -0.160. The molecule has 0 bridgehead atoms. The summed E-state index contributed by atoms with van der Waals surface area (Å²) in [7, 11) is 2.96. The molecule has 12 heteroatoms. The van der Waals surface area contributed by atoms with Crippen LogP contribution in [0.25, 0.3) is 9.88 Å². The van der Waals surface area contributed by atoms with Crippen molar-refractivity contribution in [3.05, 3.63) is 39.0 Å². The highest BCUT2D eigenvalue weighted by molar-refractivity contribution is 7.22. The topological polar surface area (TPSA) is 116 Å². The molecule has 1 amide bonds. The molecule has 0 aromatic carbocycles. The van der Waals surface area contributed by atoms with Gasteiger partial charge in [0.1, 0.15) is 4.88 Å². The van der Waals surface area contributed by atoms with E-state index in [2.05, 4.69) is 19.9 Å². The lowest BCUT2D eigenvalue weighted by Crippen LogP contribution is -2.17. The van der Waals surface area contributed by atoms with Crippen LogP contribution in [0.3, 0.4) is 0 Å². The largest absolute Gasteiger partial charge is 0.490 e. The van der Waals surface area contributed by atoms with Gasteiger partial charge in [-0.1, -0.05) is 22.9 Å². The molecule has 0 unspecified atom stereocenters. The smallest absolute Gasteiger partial charge is 0.379 e. The molecule has 9 nitrogen and oxygen atoms in total. The number of anilines is 1. The third kappa shape index (κ3) is 4.55. The van der Waals surface area contributed by atoms with Gasteiger partial charge in [-0.2, -0.15) is 4.37 Å². The lowest BCUT2D eigenvalue weighted by Gasteiger charge is -2.08. The number of hydrogen-bond acceptors (Lipinski definition) is 10. The maximum Gasteiger partial charge on any atom is 0.379 e. The van der Waals surface area contributed by atoms with Gasteiger partial charge in [0.15, 0.2) is 10.8 Å². The van der Waals surface area contributed by atoms with E-state index in [0.717, 1.165) is 11.3 Å². The third-order valence-corrected chi connectivity index (χ3v) is 5.76. The van der Waals surface area contributed by atoms with E-state index in [1.807, 2.05) is 0 Å². The highest BCUT2D eigenvalue weighted by atomic mass is 35.5. The minimum Gasteiger partial charge on any atom is -0.490 e. The van der Waals surface area contributed by atoms with E-state index in [1.165, 1.54) is 30.9 Å². The quantitative estimate of drug-likeness (QED) is 0.529. The van der Waals surface area contributed by atoms with Crippen molar-refractivity contribution in [3.8, 4) is 15.6 Å². The van der Waals surface area contributed by atoms with Gasteiger partial charge in [0.2, 0.25) is 10.9 Å². The number of methoxy groups -OCH3 is 2. The molecular weight excluding hydrogens is 428 g/mol. The fraction of sp³-hybridized carbons (Fsp3) is 0.312. The first kappa shape index (κ1) is 20.4. The summed E-state index contributed by atoms with van der Waals surface area (Å²) in [6.07, 6.45) is 2.67. The number of nitrogens with one attached hydrogen (secondary N) is 1. The van der Waals surface area contributed by atoms with E-state index in [9.17, 15) is 9.59 Å². The van der Waals surface area contributed by atoms with Crippen LogP contribution in [-0.4, -0.2) is 41.3 Å². The second kappa shape index (κ2) is 9.24. The number of carbonyl (C=O) groups excluding carboxylic acids is 1. The Bertz CT molecular complexity index is 1030. The van der Waals surface area contributed by atoms with Gasteiger partial charge in [-0.3, -0.25) is 10.1 Å². The summed E-state index contributed by atoms with van der Waals surface area (Å²) in [5.74, 6) is -0.692. The third-order valence-electron chi connectivity index (χ3n) is 3.57. The van der Waals surface area contributed by atoms with Gasteiger partial charge in [0, 0.05) is 19.3 Å². The molecule has 3 heterocycles. The monoisotopic (exact) mass is 442 g/mol. The van der Waals surface area contributed by atoms with E-state index in [4.69, 9.17) is 25.5 Å². The molecule has 0 saturated heterocycles. The fourth-order valence-corrected chi connectivity index (χ4v) is 4.15. The normalized spacial score (nSPS) is 10.8. The van der Waals surface area contributed by atoms with Crippen molar-refractivity contribution in [2.75, 3.05) is 26.1 Å². The van der Waals surface area contributed by atoms with Crippen molar-refractivity contribution in [1.82, 2.24) is 14.6 Å². The van der Waals surface area contributed by atoms with Gasteiger partial charge in [-0.15, -0.1) is 10.2 Å². The van der Waals surface area contributed by atoms with E-state index in [-0.39, 0.29) is 16.6 Å². The second-order valence-electron chi connectivity index (χ2n) is 5.42. The number of carbonyl (C=O) groups is 1. The van der Waals surface area contributed by atoms with Crippen molar-refractivity contribution >= 4 is 45.5 Å². The van der Waals surface area contributed by atoms with E-state index in [1.54, 1.807) is 7.11 Å². The molecule has 0 atom stereocenters. The second-order valence-corrected chi connectivity index (χ2v) is 7.61. The van der Waals surface area contributed by atoms with Crippen molar-refractivity contribution < 1.29 is 18.7 Å². The average molecular weight is 443 g/mol. The van der Waals surface area contributed by atoms with Gasteiger partial charge in [0.25, 0.3) is 5.91 Å². The molecule has 28 heavy (non-hydrogen) atoms. The standard InChI is InChI=1S/C16H15ClN4O5S2/c1-24-5-3-4-8-6-10(26-15(23)11(8)25-2)13(22)19-16-21-20-14(27-16)12-9(17)7-18-28-12/h6-7H,3-5H2,1-2H3,(H,19,21,22). The Morgan fingerprint density at radius 1 is 1.36 bits per heavy atom. The zero-order chi connectivity index (χ0) is 20.1. The Balaban J connectivity index is 1.80. The van der Waals surface area contributed by atoms with Gasteiger partial charge in [-0.05, 0) is 30.4 Å². The number of aryl methyl sites for hydroxylation is 1. The molecule has 0 aliphatic heterocycles. The lowest BCUT2D eigenvalue weighted by molar-refractivity contribution is 0.0991. The SMILES string of the molecule is COCCCc1cc(C(=O)Nc2nnc(-c3sncc3Cl)s2)oc(=O)c1OC. The van der Waals surface area contributed by atoms with Gasteiger partial charge < -0.3 is 13.9 Å². The van der Waals surface area contributed by atoms with Crippen LogP contribution in [0.2, 0.25) is 5.02 Å². The van der Waals surface area contributed by atoms with Crippen LogP contribution in [0.15, 0.2) is 21.5 Å². The minimum atomic E-state index is -0.725.